The largest absolute Gasteiger partial charge is 0.313 e. The van der Waals surface area contributed by atoms with Gasteiger partial charge in [-0.05, 0) is 54.4 Å². The monoisotopic (exact) mass is 349 g/mol. The fraction of sp³-hybridized carbons (Fsp3) is 0.471. The predicted molar refractivity (Wildman–Crippen MR) is 91.7 cm³/mol. The summed E-state index contributed by atoms with van der Waals surface area (Å²) in [5.74, 6) is 0. The smallest absolute Gasteiger partial charge is 0.0738 e. The summed E-state index contributed by atoms with van der Waals surface area (Å²) < 4.78 is 3.23. The van der Waals surface area contributed by atoms with E-state index in [2.05, 4.69) is 69.1 Å². The molecule has 0 amide bonds. The second-order valence-corrected chi connectivity index (χ2v) is 6.05. The molecule has 0 bridgehead atoms. The zero-order valence-electron chi connectivity index (χ0n) is 13.3. The van der Waals surface area contributed by atoms with Crippen molar-refractivity contribution in [1.29, 1.82) is 0 Å². The van der Waals surface area contributed by atoms with Crippen molar-refractivity contribution in [3.63, 3.8) is 0 Å². The van der Waals surface area contributed by atoms with Crippen molar-refractivity contribution in [2.75, 3.05) is 7.05 Å². The van der Waals surface area contributed by atoms with Gasteiger partial charge in [-0.2, -0.15) is 5.10 Å². The molecule has 2 aromatic rings. The first kappa shape index (κ1) is 16.2. The molecule has 1 atom stereocenters. The summed E-state index contributed by atoms with van der Waals surface area (Å²) in [6.07, 6.45) is 1.99. The molecule has 1 heterocycles. The summed E-state index contributed by atoms with van der Waals surface area (Å²) in [5.41, 5.74) is 5.12. The summed E-state index contributed by atoms with van der Waals surface area (Å²) in [6.45, 7) is 7.29. The van der Waals surface area contributed by atoms with Crippen LogP contribution in [-0.2, 0) is 19.4 Å². The normalized spacial score (nSPS) is 12.6. The van der Waals surface area contributed by atoms with Crippen LogP contribution in [-0.4, -0.2) is 16.8 Å². The molecule has 114 valence electrons. The fourth-order valence-electron chi connectivity index (χ4n) is 2.82. The molecule has 2 rings (SSSR count). The molecule has 21 heavy (non-hydrogen) atoms. The lowest BCUT2D eigenvalue weighted by molar-refractivity contribution is 0.537. The number of aryl methyl sites for hydroxylation is 3. The minimum absolute atomic E-state index is 0.304. The quantitative estimate of drug-likeness (QED) is 0.852. The van der Waals surface area contributed by atoms with E-state index in [0.29, 0.717) is 6.04 Å². The third-order valence-corrected chi connectivity index (χ3v) is 5.04. The highest BCUT2D eigenvalue weighted by Gasteiger charge is 2.19. The third kappa shape index (κ3) is 3.38. The number of nitrogens with one attached hydrogen (secondary N) is 1. The van der Waals surface area contributed by atoms with E-state index >= 15 is 0 Å². The molecule has 1 N–H and O–H groups in total. The van der Waals surface area contributed by atoms with Gasteiger partial charge in [-0.25, -0.2) is 0 Å². The molecule has 0 aliphatic rings. The van der Waals surface area contributed by atoms with Crippen molar-refractivity contribution in [1.82, 2.24) is 15.1 Å². The molecular formula is C17H24BrN3. The Hall–Kier alpha value is -1.13. The van der Waals surface area contributed by atoms with Gasteiger partial charge in [0.15, 0.2) is 0 Å². The zero-order chi connectivity index (χ0) is 15.4. The van der Waals surface area contributed by atoms with Crippen molar-refractivity contribution in [2.24, 2.45) is 0 Å². The molecule has 1 aromatic carbocycles. The van der Waals surface area contributed by atoms with Crippen LogP contribution < -0.4 is 5.32 Å². The van der Waals surface area contributed by atoms with Crippen LogP contribution in [0, 0.1) is 6.92 Å². The molecule has 0 saturated carbocycles. The van der Waals surface area contributed by atoms with Gasteiger partial charge in [0.2, 0.25) is 0 Å². The van der Waals surface area contributed by atoms with Crippen LogP contribution in [0.5, 0.6) is 0 Å². The lowest BCUT2D eigenvalue weighted by Gasteiger charge is -2.20. The highest BCUT2D eigenvalue weighted by atomic mass is 79.9. The maximum atomic E-state index is 4.59. The van der Waals surface area contributed by atoms with Gasteiger partial charge in [0.25, 0.3) is 0 Å². The SMILES string of the molecule is CCc1ccccc1C(Cc1c(Br)c(C)nn1CC)NC. The number of nitrogens with zero attached hydrogens (tertiary/aromatic N) is 2. The summed E-state index contributed by atoms with van der Waals surface area (Å²) in [4.78, 5) is 0. The van der Waals surface area contributed by atoms with Crippen LogP contribution in [0.25, 0.3) is 0 Å². The van der Waals surface area contributed by atoms with E-state index in [1.807, 2.05) is 14.0 Å². The number of rotatable bonds is 6. The number of hydrogen-bond acceptors (Lipinski definition) is 2. The Morgan fingerprint density at radius 3 is 2.62 bits per heavy atom. The molecule has 3 nitrogen and oxygen atoms in total. The highest BCUT2D eigenvalue weighted by Crippen LogP contribution is 2.28. The Labute approximate surface area is 135 Å². The molecule has 0 fully saturated rings. The third-order valence-electron chi connectivity index (χ3n) is 4.01. The van der Waals surface area contributed by atoms with E-state index in [4.69, 9.17) is 0 Å². The molecule has 0 spiro atoms. The van der Waals surface area contributed by atoms with E-state index in [9.17, 15) is 0 Å². The van der Waals surface area contributed by atoms with Gasteiger partial charge in [-0.1, -0.05) is 31.2 Å². The molecule has 0 aliphatic heterocycles. The van der Waals surface area contributed by atoms with Crippen molar-refractivity contribution in [3.8, 4) is 0 Å². The number of halogens is 1. The van der Waals surface area contributed by atoms with Crippen molar-refractivity contribution < 1.29 is 0 Å². The van der Waals surface area contributed by atoms with Crippen molar-refractivity contribution in [3.05, 3.63) is 51.3 Å². The summed E-state index contributed by atoms with van der Waals surface area (Å²) in [6, 6.07) is 8.99. The van der Waals surface area contributed by atoms with Crippen molar-refractivity contribution in [2.45, 2.75) is 46.2 Å². The molecular weight excluding hydrogens is 326 g/mol. The van der Waals surface area contributed by atoms with Gasteiger partial charge in [0.1, 0.15) is 0 Å². The van der Waals surface area contributed by atoms with Crippen LogP contribution in [0.15, 0.2) is 28.7 Å². The Morgan fingerprint density at radius 1 is 1.29 bits per heavy atom. The first-order chi connectivity index (χ1) is 10.1. The Bertz CT molecular complexity index is 604. The van der Waals surface area contributed by atoms with E-state index in [1.54, 1.807) is 0 Å². The van der Waals surface area contributed by atoms with Gasteiger partial charge in [-0.3, -0.25) is 4.68 Å². The van der Waals surface area contributed by atoms with Gasteiger partial charge >= 0.3 is 0 Å². The Morgan fingerprint density at radius 2 is 2.00 bits per heavy atom. The first-order valence-electron chi connectivity index (χ1n) is 7.59. The van der Waals surface area contributed by atoms with Crippen LogP contribution in [0.4, 0.5) is 0 Å². The standard InChI is InChI=1S/C17H24BrN3/c1-5-13-9-7-8-10-14(13)15(19-4)11-16-17(18)12(3)20-21(16)6-2/h7-10,15,19H,5-6,11H2,1-4H3. The topological polar surface area (TPSA) is 29.9 Å². The average molecular weight is 350 g/mol. The van der Waals surface area contributed by atoms with Crippen LogP contribution in [0.1, 0.15) is 42.4 Å². The Kier molecular flexibility index (Phi) is 5.59. The van der Waals surface area contributed by atoms with Gasteiger partial charge in [0, 0.05) is 19.0 Å². The molecule has 1 aromatic heterocycles. The van der Waals surface area contributed by atoms with E-state index in [1.165, 1.54) is 16.8 Å². The van der Waals surface area contributed by atoms with E-state index in [0.717, 1.165) is 29.6 Å². The maximum absolute atomic E-state index is 4.59. The van der Waals surface area contributed by atoms with Crippen molar-refractivity contribution >= 4 is 15.9 Å². The lowest BCUT2D eigenvalue weighted by atomic mass is 9.95. The lowest BCUT2D eigenvalue weighted by Crippen LogP contribution is -2.22. The molecule has 0 saturated heterocycles. The fourth-order valence-corrected chi connectivity index (χ4v) is 3.27. The highest BCUT2D eigenvalue weighted by molar-refractivity contribution is 9.10. The van der Waals surface area contributed by atoms with Crippen LogP contribution >= 0.6 is 15.9 Å². The number of likely N-dealkylation sites (N-methyl/N-ethyl adjacent to an activating group) is 1. The zero-order valence-corrected chi connectivity index (χ0v) is 14.9. The van der Waals surface area contributed by atoms with Crippen LogP contribution in [0.3, 0.4) is 0 Å². The second-order valence-electron chi connectivity index (χ2n) is 5.26. The van der Waals surface area contributed by atoms with Gasteiger partial charge in [-0.15, -0.1) is 0 Å². The summed E-state index contributed by atoms with van der Waals surface area (Å²) >= 11 is 3.70. The van der Waals surface area contributed by atoms with Gasteiger partial charge < -0.3 is 5.32 Å². The van der Waals surface area contributed by atoms with Gasteiger partial charge in [0.05, 0.1) is 15.9 Å². The first-order valence-corrected chi connectivity index (χ1v) is 8.38. The molecule has 0 aliphatic carbocycles. The maximum Gasteiger partial charge on any atom is 0.0738 e. The number of hydrogen-bond donors (Lipinski definition) is 1. The summed E-state index contributed by atoms with van der Waals surface area (Å²) in [5, 5.41) is 8.06. The van der Waals surface area contributed by atoms with E-state index in [-0.39, 0.29) is 0 Å². The Balaban J connectivity index is 2.36. The molecule has 1 unspecified atom stereocenters. The average Bonchev–Trinajstić information content (AvgIpc) is 2.79. The minimum Gasteiger partial charge on any atom is -0.313 e. The second kappa shape index (κ2) is 7.23. The molecule has 4 heteroatoms. The van der Waals surface area contributed by atoms with E-state index < -0.39 is 0 Å². The minimum atomic E-state index is 0.304. The molecule has 0 radical (unpaired) electrons. The number of aromatic nitrogens is 2. The predicted octanol–water partition coefficient (Wildman–Crippen LogP) is 4.04. The number of benzene rings is 1. The summed E-state index contributed by atoms with van der Waals surface area (Å²) in [7, 11) is 2.03. The van der Waals surface area contributed by atoms with Crippen LogP contribution in [0.2, 0.25) is 0 Å².